The first-order valence-corrected chi connectivity index (χ1v) is 14.0. The van der Waals surface area contributed by atoms with E-state index in [9.17, 15) is 8.42 Å². The zero-order valence-electron chi connectivity index (χ0n) is 20.3. The molecule has 35 heavy (non-hydrogen) atoms. The van der Waals surface area contributed by atoms with Gasteiger partial charge in [-0.15, -0.1) is 5.10 Å². The van der Waals surface area contributed by atoms with Crippen LogP contribution in [0.15, 0.2) is 24.7 Å². The van der Waals surface area contributed by atoms with Crippen LogP contribution in [-0.2, 0) is 10.0 Å². The van der Waals surface area contributed by atoms with E-state index < -0.39 is 10.0 Å². The van der Waals surface area contributed by atoms with Crippen LogP contribution in [0.2, 0.25) is 0 Å². The van der Waals surface area contributed by atoms with E-state index in [-0.39, 0.29) is 23.6 Å². The minimum absolute atomic E-state index is 0.0848. The number of nitrogens with zero attached hydrogens (tertiary/aromatic N) is 5. The van der Waals surface area contributed by atoms with Crippen LogP contribution >= 0.6 is 0 Å². The van der Waals surface area contributed by atoms with E-state index in [0.717, 1.165) is 37.1 Å². The molecule has 2 atom stereocenters. The summed E-state index contributed by atoms with van der Waals surface area (Å²) in [6.45, 7) is 7.35. The van der Waals surface area contributed by atoms with E-state index in [0.29, 0.717) is 43.5 Å². The lowest BCUT2D eigenvalue weighted by molar-refractivity contribution is 0.258. The van der Waals surface area contributed by atoms with Crippen molar-refractivity contribution in [2.45, 2.75) is 39.2 Å². The lowest BCUT2D eigenvalue weighted by Crippen LogP contribution is -2.49. The summed E-state index contributed by atoms with van der Waals surface area (Å²) < 4.78 is 35.4. The Morgan fingerprint density at radius 3 is 2.80 bits per heavy atom. The smallest absolute Gasteiger partial charge is 0.243 e. The van der Waals surface area contributed by atoms with Gasteiger partial charge in [0.2, 0.25) is 16.0 Å². The summed E-state index contributed by atoms with van der Waals surface area (Å²) in [4.78, 5) is 4.72. The Labute approximate surface area is 205 Å². The van der Waals surface area contributed by atoms with Crippen molar-refractivity contribution in [3.8, 4) is 16.9 Å². The third kappa shape index (κ3) is 5.14. The maximum absolute atomic E-state index is 13.0. The summed E-state index contributed by atoms with van der Waals surface area (Å²) in [6.07, 6.45) is 7.99. The van der Waals surface area contributed by atoms with Crippen LogP contribution in [-0.4, -0.2) is 82.1 Å². The van der Waals surface area contributed by atoms with Gasteiger partial charge in [0.05, 0.1) is 18.6 Å². The number of sulfonamides is 1. The van der Waals surface area contributed by atoms with Crippen LogP contribution in [0.5, 0.6) is 5.75 Å². The SMILES string of the molecule is CCOc1c(-c2cn[nH]c2)ccn2nc(N[C@H]3CCN(S(=O)(=O)CC4CCNCC4)C[C@H]3C)nc12. The molecule has 190 valence electrons. The van der Waals surface area contributed by atoms with Crippen molar-refractivity contribution >= 4 is 21.6 Å². The fraction of sp³-hybridized carbons (Fsp3) is 0.609. The van der Waals surface area contributed by atoms with Crippen LogP contribution in [0.3, 0.4) is 0 Å². The van der Waals surface area contributed by atoms with Gasteiger partial charge < -0.3 is 15.4 Å². The molecular weight excluding hydrogens is 468 g/mol. The monoisotopic (exact) mass is 502 g/mol. The minimum Gasteiger partial charge on any atom is -0.489 e. The highest BCUT2D eigenvalue weighted by atomic mass is 32.2. The molecule has 0 bridgehead atoms. The number of piperidine rings is 2. The maximum atomic E-state index is 13.0. The fourth-order valence-corrected chi connectivity index (χ4v) is 7.07. The highest BCUT2D eigenvalue weighted by Crippen LogP contribution is 2.33. The molecule has 3 aromatic heterocycles. The van der Waals surface area contributed by atoms with Gasteiger partial charge in [-0.05, 0) is 57.2 Å². The first-order valence-electron chi connectivity index (χ1n) is 12.4. The number of hydrogen-bond donors (Lipinski definition) is 3. The minimum atomic E-state index is -3.25. The van der Waals surface area contributed by atoms with Crippen LogP contribution in [0.4, 0.5) is 5.95 Å². The predicted octanol–water partition coefficient (Wildman–Crippen LogP) is 1.97. The Hall–Kier alpha value is -2.70. The van der Waals surface area contributed by atoms with E-state index in [1.54, 1.807) is 15.0 Å². The van der Waals surface area contributed by atoms with Gasteiger partial charge in [-0.3, -0.25) is 5.10 Å². The molecule has 5 rings (SSSR count). The Bertz CT molecular complexity index is 1240. The molecule has 2 saturated heterocycles. The number of H-pyrrole nitrogens is 1. The number of fused-ring (bicyclic) bond motifs is 1. The van der Waals surface area contributed by atoms with Gasteiger partial charge in [0.15, 0.2) is 11.4 Å². The van der Waals surface area contributed by atoms with Crippen molar-refractivity contribution < 1.29 is 13.2 Å². The highest BCUT2D eigenvalue weighted by Gasteiger charge is 2.34. The lowest BCUT2D eigenvalue weighted by atomic mass is 9.95. The van der Waals surface area contributed by atoms with E-state index >= 15 is 0 Å². The van der Waals surface area contributed by atoms with Crippen LogP contribution in [0.1, 0.15) is 33.1 Å². The normalized spacial score (nSPS) is 22.5. The summed E-state index contributed by atoms with van der Waals surface area (Å²) in [5, 5.41) is 18.2. The second-order valence-corrected chi connectivity index (χ2v) is 11.5. The summed E-state index contributed by atoms with van der Waals surface area (Å²) in [5.41, 5.74) is 2.44. The molecule has 2 aliphatic heterocycles. The van der Waals surface area contributed by atoms with Gasteiger partial charge in [-0.1, -0.05) is 6.92 Å². The molecule has 0 spiro atoms. The van der Waals surface area contributed by atoms with Crippen molar-refractivity contribution in [1.29, 1.82) is 0 Å². The van der Waals surface area contributed by atoms with Crippen molar-refractivity contribution in [1.82, 2.24) is 34.4 Å². The molecule has 0 saturated carbocycles. The molecule has 0 amide bonds. The second kappa shape index (κ2) is 10.1. The molecule has 0 unspecified atom stereocenters. The largest absolute Gasteiger partial charge is 0.489 e. The van der Waals surface area contributed by atoms with Gasteiger partial charge in [0.1, 0.15) is 0 Å². The quantitative estimate of drug-likeness (QED) is 0.426. The summed E-state index contributed by atoms with van der Waals surface area (Å²) in [6, 6.07) is 2.02. The van der Waals surface area contributed by atoms with E-state index in [4.69, 9.17) is 9.72 Å². The summed E-state index contributed by atoms with van der Waals surface area (Å²) in [7, 11) is -3.25. The van der Waals surface area contributed by atoms with Gasteiger partial charge in [-0.25, -0.2) is 17.2 Å². The topological polar surface area (TPSA) is 130 Å². The first-order chi connectivity index (χ1) is 16.9. The first kappa shape index (κ1) is 24.0. The average molecular weight is 503 g/mol. The van der Waals surface area contributed by atoms with Crippen molar-refractivity contribution in [2.24, 2.45) is 11.8 Å². The van der Waals surface area contributed by atoms with Crippen LogP contribution in [0, 0.1) is 11.8 Å². The second-order valence-electron chi connectivity index (χ2n) is 9.53. The van der Waals surface area contributed by atoms with E-state index in [1.165, 1.54) is 0 Å². The standard InChI is InChI=1S/C23H34N8O3S/c1-3-34-21-19(18-12-25-26-13-18)6-11-31-22(21)28-23(29-31)27-20-7-10-30(14-16(20)2)35(32,33)15-17-4-8-24-9-5-17/h6,11-13,16-17,20,24H,3-5,7-10,14-15H2,1-2H3,(H,25,26)(H,27,29)/t16-,20+/m1/s1. The summed E-state index contributed by atoms with van der Waals surface area (Å²) >= 11 is 0. The van der Waals surface area contributed by atoms with Gasteiger partial charge in [0, 0.05) is 42.7 Å². The third-order valence-corrected chi connectivity index (χ3v) is 9.05. The number of hydrogen-bond acceptors (Lipinski definition) is 8. The number of ether oxygens (including phenoxy) is 1. The maximum Gasteiger partial charge on any atom is 0.243 e. The number of aromatic amines is 1. The molecule has 2 aliphatic rings. The molecule has 0 aromatic carbocycles. The molecular formula is C23H34N8O3S. The molecule has 12 heteroatoms. The number of pyridine rings is 1. The summed E-state index contributed by atoms with van der Waals surface area (Å²) in [5.74, 6) is 1.81. The Morgan fingerprint density at radius 1 is 1.26 bits per heavy atom. The highest BCUT2D eigenvalue weighted by molar-refractivity contribution is 7.89. The number of aromatic nitrogens is 5. The molecule has 11 nitrogen and oxygen atoms in total. The zero-order valence-corrected chi connectivity index (χ0v) is 21.1. The van der Waals surface area contributed by atoms with Crippen molar-refractivity contribution in [2.75, 3.05) is 43.9 Å². The van der Waals surface area contributed by atoms with Crippen molar-refractivity contribution in [3.63, 3.8) is 0 Å². The lowest BCUT2D eigenvalue weighted by Gasteiger charge is -2.37. The third-order valence-electron chi connectivity index (χ3n) is 7.04. The predicted molar refractivity (Wildman–Crippen MR) is 134 cm³/mol. The van der Waals surface area contributed by atoms with Crippen LogP contribution < -0.4 is 15.4 Å². The Balaban J connectivity index is 1.28. The molecule has 5 heterocycles. The van der Waals surface area contributed by atoms with Gasteiger partial charge >= 0.3 is 0 Å². The van der Waals surface area contributed by atoms with E-state index in [2.05, 4.69) is 32.9 Å². The number of rotatable bonds is 8. The number of anilines is 1. The zero-order chi connectivity index (χ0) is 24.4. The average Bonchev–Trinajstić information content (AvgIpc) is 3.51. The molecule has 2 fully saturated rings. The van der Waals surface area contributed by atoms with Gasteiger partial charge in [0.25, 0.3) is 0 Å². The Kier molecular flexibility index (Phi) is 6.94. The molecule has 0 aliphatic carbocycles. The number of nitrogens with one attached hydrogen (secondary N) is 3. The van der Waals surface area contributed by atoms with E-state index in [1.807, 2.05) is 25.4 Å². The molecule has 3 aromatic rings. The fourth-order valence-electron chi connectivity index (χ4n) is 5.09. The molecule has 0 radical (unpaired) electrons. The Morgan fingerprint density at radius 2 is 2.09 bits per heavy atom. The van der Waals surface area contributed by atoms with Crippen molar-refractivity contribution in [3.05, 3.63) is 24.7 Å². The van der Waals surface area contributed by atoms with Crippen LogP contribution in [0.25, 0.3) is 16.8 Å². The van der Waals surface area contributed by atoms with Gasteiger partial charge in [-0.2, -0.15) is 10.1 Å². The molecule has 3 N–H and O–H groups in total.